The quantitative estimate of drug-likeness (QED) is 0.800. The Morgan fingerprint density at radius 2 is 1.97 bits per heavy atom. The van der Waals surface area contributed by atoms with Crippen molar-refractivity contribution in [2.24, 2.45) is 5.92 Å². The van der Waals surface area contributed by atoms with Crippen LogP contribution in [-0.4, -0.2) is 62.8 Å². The maximum absolute atomic E-state index is 13.3. The fourth-order valence-electron chi connectivity index (χ4n) is 3.76. The first-order valence-corrected chi connectivity index (χ1v) is 9.89. The monoisotopic (exact) mass is 424 g/mol. The number of anilines is 1. The van der Waals surface area contributed by atoms with Gasteiger partial charge in [-0.25, -0.2) is 14.3 Å². The van der Waals surface area contributed by atoms with Gasteiger partial charge in [-0.15, -0.1) is 0 Å². The van der Waals surface area contributed by atoms with E-state index in [1.54, 1.807) is 17.9 Å². The van der Waals surface area contributed by atoms with Crippen LogP contribution in [0.3, 0.4) is 0 Å². The molecule has 30 heavy (non-hydrogen) atoms. The zero-order valence-electron chi connectivity index (χ0n) is 16.9. The summed E-state index contributed by atoms with van der Waals surface area (Å²) in [6.07, 6.45) is -2.44. The van der Waals surface area contributed by atoms with Crippen molar-refractivity contribution >= 4 is 23.4 Å². The van der Waals surface area contributed by atoms with E-state index in [1.165, 1.54) is 15.6 Å². The van der Waals surface area contributed by atoms with Crippen LogP contribution in [0, 0.1) is 12.8 Å². The molecule has 2 aromatic rings. The summed E-state index contributed by atoms with van der Waals surface area (Å²) in [7, 11) is 0. The molecule has 2 fully saturated rings. The lowest BCUT2D eigenvalue weighted by Crippen LogP contribution is -2.46. The second kappa shape index (κ2) is 7.13. The van der Waals surface area contributed by atoms with Crippen molar-refractivity contribution in [3.63, 3.8) is 0 Å². The van der Waals surface area contributed by atoms with Gasteiger partial charge in [0, 0.05) is 30.9 Å². The number of aryl methyl sites for hydroxylation is 1. The number of fused-ring (bicyclic) bond motifs is 1. The van der Waals surface area contributed by atoms with Crippen molar-refractivity contribution in [2.45, 2.75) is 51.9 Å². The van der Waals surface area contributed by atoms with Crippen LogP contribution < -0.4 is 10.2 Å². The number of amides is 3. The van der Waals surface area contributed by atoms with E-state index in [9.17, 15) is 22.8 Å². The van der Waals surface area contributed by atoms with Gasteiger partial charge in [-0.05, 0) is 39.5 Å². The Hall–Kier alpha value is -2.85. The molecule has 162 valence electrons. The smallest absolute Gasteiger partial charge is 0.340 e. The Morgan fingerprint density at radius 3 is 2.53 bits per heavy atom. The van der Waals surface area contributed by atoms with Gasteiger partial charge in [-0.2, -0.15) is 18.3 Å². The maximum Gasteiger partial charge on any atom is 0.408 e. The third kappa shape index (κ3) is 3.56. The highest BCUT2D eigenvalue weighted by atomic mass is 19.4. The van der Waals surface area contributed by atoms with E-state index in [0.29, 0.717) is 37.4 Å². The molecule has 1 atom stereocenters. The van der Waals surface area contributed by atoms with Crippen LogP contribution in [0.2, 0.25) is 0 Å². The predicted octanol–water partition coefficient (Wildman–Crippen LogP) is 2.76. The van der Waals surface area contributed by atoms with Crippen LogP contribution >= 0.6 is 0 Å². The average molecular weight is 424 g/mol. The lowest BCUT2D eigenvalue weighted by molar-refractivity contribution is -0.158. The summed E-state index contributed by atoms with van der Waals surface area (Å²) in [5.74, 6) is -1.12. The summed E-state index contributed by atoms with van der Waals surface area (Å²) < 4.78 is 41.3. The molecule has 0 spiro atoms. The van der Waals surface area contributed by atoms with Crippen molar-refractivity contribution in [3.05, 3.63) is 23.5 Å². The molecule has 2 aromatic heterocycles. The largest absolute Gasteiger partial charge is 0.408 e. The van der Waals surface area contributed by atoms with Gasteiger partial charge in [-0.1, -0.05) is 0 Å². The highest BCUT2D eigenvalue weighted by Crippen LogP contribution is 2.40. The van der Waals surface area contributed by atoms with Crippen molar-refractivity contribution in [1.29, 1.82) is 0 Å². The summed E-state index contributed by atoms with van der Waals surface area (Å²) in [4.78, 5) is 33.0. The van der Waals surface area contributed by atoms with E-state index in [-0.39, 0.29) is 23.3 Å². The number of halogens is 3. The highest BCUT2D eigenvalue weighted by Gasteiger charge is 2.50. The topological polar surface area (TPSA) is 82.8 Å². The average Bonchev–Trinajstić information content (AvgIpc) is 3.26. The zero-order valence-corrected chi connectivity index (χ0v) is 16.9. The molecule has 0 radical (unpaired) electrons. The Kier molecular flexibility index (Phi) is 4.86. The molecule has 8 nitrogen and oxygen atoms in total. The zero-order chi connectivity index (χ0) is 21.8. The van der Waals surface area contributed by atoms with E-state index in [4.69, 9.17) is 0 Å². The Labute approximate surface area is 171 Å². The van der Waals surface area contributed by atoms with Gasteiger partial charge in [0.05, 0.1) is 6.20 Å². The van der Waals surface area contributed by atoms with E-state index >= 15 is 0 Å². The van der Waals surface area contributed by atoms with Crippen molar-refractivity contribution in [2.75, 3.05) is 18.0 Å². The SMILES string of the molecule is Cc1cc(N2CCN(C(C)C)C2=O)nc2c(C(=O)NC(C3CC3)C(F)(F)F)cnn12. The molecule has 1 aliphatic carbocycles. The highest BCUT2D eigenvalue weighted by molar-refractivity contribution is 6.00. The van der Waals surface area contributed by atoms with Crippen molar-refractivity contribution in [3.8, 4) is 0 Å². The van der Waals surface area contributed by atoms with Crippen LogP contribution in [-0.2, 0) is 0 Å². The van der Waals surface area contributed by atoms with Gasteiger partial charge in [-0.3, -0.25) is 9.69 Å². The van der Waals surface area contributed by atoms with E-state index in [2.05, 4.69) is 15.4 Å². The molecular weight excluding hydrogens is 401 g/mol. The Balaban J connectivity index is 1.66. The molecule has 1 aliphatic heterocycles. The van der Waals surface area contributed by atoms with E-state index in [0.717, 1.165) is 0 Å². The maximum atomic E-state index is 13.3. The number of carbonyl (C=O) groups is 2. The minimum atomic E-state index is -4.52. The molecule has 3 amide bonds. The third-order valence-electron chi connectivity index (χ3n) is 5.55. The summed E-state index contributed by atoms with van der Waals surface area (Å²) in [5, 5.41) is 6.20. The molecule has 1 unspecified atom stereocenters. The molecule has 1 saturated carbocycles. The van der Waals surface area contributed by atoms with Gasteiger partial charge >= 0.3 is 12.2 Å². The van der Waals surface area contributed by atoms with E-state index in [1.807, 2.05) is 13.8 Å². The molecule has 0 bridgehead atoms. The molecule has 2 aliphatic rings. The lowest BCUT2D eigenvalue weighted by atomic mass is 10.1. The summed E-state index contributed by atoms with van der Waals surface area (Å²) in [6, 6.07) is -0.376. The summed E-state index contributed by atoms with van der Waals surface area (Å²) >= 11 is 0. The first-order valence-electron chi connectivity index (χ1n) is 9.89. The van der Waals surface area contributed by atoms with Crippen LogP contribution in [0.25, 0.3) is 5.65 Å². The third-order valence-corrected chi connectivity index (χ3v) is 5.55. The molecule has 1 saturated heterocycles. The second-order valence-corrected chi connectivity index (χ2v) is 8.10. The molecule has 11 heteroatoms. The Morgan fingerprint density at radius 1 is 1.27 bits per heavy atom. The number of hydrogen-bond acceptors (Lipinski definition) is 4. The van der Waals surface area contributed by atoms with Gasteiger partial charge in [0.2, 0.25) is 0 Å². The van der Waals surface area contributed by atoms with Crippen molar-refractivity contribution in [1.82, 2.24) is 24.8 Å². The molecule has 1 N–H and O–H groups in total. The van der Waals surface area contributed by atoms with Crippen LogP contribution in [0.15, 0.2) is 12.3 Å². The normalized spacial score (nSPS) is 18.6. The number of carbonyl (C=O) groups excluding carboxylic acids is 2. The fraction of sp³-hybridized carbons (Fsp3) is 0.579. The number of alkyl halides is 3. The second-order valence-electron chi connectivity index (χ2n) is 8.10. The van der Waals surface area contributed by atoms with Gasteiger partial charge in [0.1, 0.15) is 17.4 Å². The van der Waals surface area contributed by atoms with Crippen LogP contribution in [0.5, 0.6) is 0 Å². The van der Waals surface area contributed by atoms with Crippen LogP contribution in [0.1, 0.15) is 42.7 Å². The van der Waals surface area contributed by atoms with Crippen molar-refractivity contribution < 1.29 is 22.8 Å². The van der Waals surface area contributed by atoms with Crippen LogP contribution in [0.4, 0.5) is 23.8 Å². The first-order chi connectivity index (χ1) is 14.1. The van der Waals surface area contributed by atoms with Gasteiger partial charge in [0.25, 0.3) is 5.91 Å². The molecular formula is C19H23F3N6O2. The first kappa shape index (κ1) is 20.4. The minimum Gasteiger partial charge on any atom is -0.340 e. The number of hydrogen-bond donors (Lipinski definition) is 1. The molecule has 4 rings (SSSR count). The predicted molar refractivity (Wildman–Crippen MR) is 102 cm³/mol. The minimum absolute atomic E-state index is 0.0327. The summed E-state index contributed by atoms with van der Waals surface area (Å²) in [5.41, 5.74) is 0.677. The van der Waals surface area contributed by atoms with Gasteiger partial charge < -0.3 is 10.2 Å². The van der Waals surface area contributed by atoms with E-state index < -0.39 is 24.0 Å². The Bertz CT molecular complexity index is 998. The number of nitrogens with one attached hydrogen (secondary N) is 1. The number of urea groups is 1. The summed E-state index contributed by atoms with van der Waals surface area (Å²) in [6.45, 7) is 6.55. The fourth-order valence-corrected chi connectivity index (χ4v) is 3.76. The lowest BCUT2D eigenvalue weighted by Gasteiger charge is -2.22. The number of aromatic nitrogens is 3. The molecule has 0 aromatic carbocycles. The number of rotatable bonds is 5. The van der Waals surface area contributed by atoms with Gasteiger partial charge in [0.15, 0.2) is 5.65 Å². The standard InChI is InChI=1S/C19H23F3N6O2/c1-10(2)26-6-7-27(18(26)30)14-8-11(3)28-16(24-14)13(9-23-28)17(29)25-15(12-4-5-12)19(20,21)22/h8-10,12,15H,4-7H2,1-3H3,(H,25,29). The molecule has 3 heterocycles. The number of nitrogens with zero attached hydrogens (tertiary/aromatic N) is 5.